The molecule has 2 aliphatic heterocycles. The molecule has 114 valence electrons. The van der Waals surface area contributed by atoms with Crippen LogP contribution in [0.1, 0.15) is 56.1 Å². The fourth-order valence-electron chi connectivity index (χ4n) is 3.81. The number of hydrogen-bond donors (Lipinski definition) is 1. The van der Waals surface area contributed by atoms with Crippen LogP contribution in [0.2, 0.25) is 0 Å². The minimum atomic E-state index is 0.00194. The minimum Gasteiger partial charge on any atom is -0.339 e. The summed E-state index contributed by atoms with van der Waals surface area (Å²) in [5.74, 6) is 0.338. The smallest absolute Gasteiger partial charge is 0.231 e. The summed E-state index contributed by atoms with van der Waals surface area (Å²) in [7, 11) is 0. The zero-order chi connectivity index (χ0) is 14.7. The molecule has 2 heterocycles. The Labute approximate surface area is 127 Å². The van der Waals surface area contributed by atoms with Gasteiger partial charge < -0.3 is 10.2 Å². The molecule has 0 saturated carbocycles. The van der Waals surface area contributed by atoms with Gasteiger partial charge in [-0.25, -0.2) is 0 Å². The first kappa shape index (κ1) is 14.6. The van der Waals surface area contributed by atoms with Crippen molar-refractivity contribution in [1.29, 1.82) is 0 Å². The Hall–Kier alpha value is -1.35. The van der Waals surface area contributed by atoms with E-state index in [9.17, 15) is 4.79 Å². The average molecular weight is 286 g/mol. The number of likely N-dealkylation sites (tertiary alicyclic amines) is 1. The molecule has 0 aromatic heterocycles. The second-order valence-electron chi connectivity index (χ2n) is 6.33. The van der Waals surface area contributed by atoms with Crippen molar-refractivity contribution >= 4 is 5.91 Å². The number of nitrogens with one attached hydrogen (secondary N) is 1. The zero-order valence-electron chi connectivity index (χ0n) is 13.0. The van der Waals surface area contributed by atoms with E-state index in [1.165, 1.54) is 30.4 Å². The number of rotatable bonds is 2. The van der Waals surface area contributed by atoms with Crippen LogP contribution in [0, 0.1) is 0 Å². The lowest BCUT2D eigenvalue weighted by Gasteiger charge is -2.35. The normalized spacial score (nSPS) is 26.0. The third-order valence-corrected chi connectivity index (χ3v) is 5.02. The molecule has 0 aliphatic carbocycles. The summed E-state index contributed by atoms with van der Waals surface area (Å²) in [6, 6.07) is 8.84. The standard InChI is InChI=1S/C18H26N2O/c1-2-15-9-4-3-7-11-20(15)18(21)17-13-19-12-14-8-5-6-10-16(14)17/h5-6,8,10,15,17,19H,2-4,7,9,11-13H2,1H3. The summed E-state index contributed by atoms with van der Waals surface area (Å²) in [4.78, 5) is 15.3. The molecule has 3 heteroatoms. The van der Waals surface area contributed by atoms with E-state index in [2.05, 4.69) is 41.4 Å². The molecule has 21 heavy (non-hydrogen) atoms. The molecule has 1 fully saturated rings. The Morgan fingerprint density at radius 2 is 2.14 bits per heavy atom. The van der Waals surface area contributed by atoms with Crippen LogP contribution in [0.15, 0.2) is 24.3 Å². The van der Waals surface area contributed by atoms with Crippen LogP contribution in [-0.4, -0.2) is 29.9 Å². The third kappa shape index (κ3) is 2.98. The largest absolute Gasteiger partial charge is 0.339 e. The molecule has 0 bridgehead atoms. The van der Waals surface area contributed by atoms with Gasteiger partial charge in [0.05, 0.1) is 5.92 Å². The van der Waals surface area contributed by atoms with E-state index in [1.54, 1.807) is 0 Å². The summed E-state index contributed by atoms with van der Waals surface area (Å²) >= 11 is 0. The van der Waals surface area contributed by atoms with Crippen LogP contribution in [0.25, 0.3) is 0 Å². The Balaban J connectivity index is 1.84. The van der Waals surface area contributed by atoms with Gasteiger partial charge in [-0.3, -0.25) is 4.79 Å². The zero-order valence-corrected chi connectivity index (χ0v) is 13.0. The summed E-state index contributed by atoms with van der Waals surface area (Å²) < 4.78 is 0. The van der Waals surface area contributed by atoms with E-state index < -0.39 is 0 Å². The lowest BCUT2D eigenvalue weighted by molar-refractivity contribution is -0.135. The number of carbonyl (C=O) groups excluding carboxylic acids is 1. The Morgan fingerprint density at radius 3 is 3.00 bits per heavy atom. The maximum atomic E-state index is 13.1. The summed E-state index contributed by atoms with van der Waals surface area (Å²) in [5.41, 5.74) is 2.52. The van der Waals surface area contributed by atoms with Gasteiger partial charge in [0.2, 0.25) is 5.91 Å². The van der Waals surface area contributed by atoms with Gasteiger partial charge in [-0.2, -0.15) is 0 Å². The fraction of sp³-hybridized carbons (Fsp3) is 0.611. The number of fused-ring (bicyclic) bond motifs is 1. The molecule has 3 rings (SSSR count). The topological polar surface area (TPSA) is 32.3 Å². The monoisotopic (exact) mass is 286 g/mol. The van der Waals surface area contributed by atoms with E-state index in [4.69, 9.17) is 0 Å². The molecule has 1 saturated heterocycles. The van der Waals surface area contributed by atoms with Crippen molar-refractivity contribution in [2.24, 2.45) is 0 Å². The number of benzene rings is 1. The van der Waals surface area contributed by atoms with E-state index in [-0.39, 0.29) is 5.92 Å². The van der Waals surface area contributed by atoms with Crippen molar-refractivity contribution in [1.82, 2.24) is 10.2 Å². The molecule has 1 aromatic carbocycles. The van der Waals surface area contributed by atoms with Crippen LogP contribution in [-0.2, 0) is 11.3 Å². The van der Waals surface area contributed by atoms with Crippen LogP contribution >= 0.6 is 0 Å². The number of nitrogens with zero attached hydrogens (tertiary/aromatic N) is 1. The van der Waals surface area contributed by atoms with Gasteiger partial charge in [0.1, 0.15) is 0 Å². The van der Waals surface area contributed by atoms with Crippen molar-refractivity contribution in [2.45, 2.75) is 57.5 Å². The lowest BCUT2D eigenvalue weighted by atomic mass is 9.89. The maximum absolute atomic E-state index is 13.1. The van der Waals surface area contributed by atoms with Gasteiger partial charge >= 0.3 is 0 Å². The van der Waals surface area contributed by atoms with Gasteiger partial charge in [0.15, 0.2) is 0 Å². The van der Waals surface area contributed by atoms with Crippen molar-refractivity contribution in [2.75, 3.05) is 13.1 Å². The Bertz CT molecular complexity index is 500. The number of carbonyl (C=O) groups is 1. The quantitative estimate of drug-likeness (QED) is 0.906. The molecule has 2 aliphatic rings. The number of amides is 1. The van der Waals surface area contributed by atoms with Gasteiger partial charge in [0.25, 0.3) is 0 Å². The molecular formula is C18H26N2O. The molecular weight excluding hydrogens is 260 g/mol. The highest BCUT2D eigenvalue weighted by Crippen LogP contribution is 2.29. The molecule has 2 unspecified atom stereocenters. The predicted molar refractivity (Wildman–Crippen MR) is 85.1 cm³/mol. The molecule has 1 amide bonds. The first-order chi connectivity index (χ1) is 10.3. The van der Waals surface area contributed by atoms with Gasteiger partial charge in [-0.05, 0) is 30.4 Å². The molecule has 2 atom stereocenters. The first-order valence-corrected chi connectivity index (χ1v) is 8.40. The van der Waals surface area contributed by atoms with Gasteiger partial charge in [-0.1, -0.05) is 44.0 Å². The van der Waals surface area contributed by atoms with Crippen molar-refractivity contribution in [3.63, 3.8) is 0 Å². The van der Waals surface area contributed by atoms with E-state index in [1.807, 2.05) is 0 Å². The lowest BCUT2D eigenvalue weighted by Crippen LogP contribution is -2.46. The summed E-state index contributed by atoms with van der Waals surface area (Å²) in [5, 5.41) is 3.41. The highest BCUT2D eigenvalue weighted by molar-refractivity contribution is 5.85. The van der Waals surface area contributed by atoms with E-state index >= 15 is 0 Å². The van der Waals surface area contributed by atoms with Crippen molar-refractivity contribution in [3.05, 3.63) is 35.4 Å². The van der Waals surface area contributed by atoms with Crippen LogP contribution < -0.4 is 5.32 Å². The Morgan fingerprint density at radius 1 is 1.29 bits per heavy atom. The summed E-state index contributed by atoms with van der Waals surface area (Å²) in [6.07, 6.45) is 5.93. The highest BCUT2D eigenvalue weighted by atomic mass is 16.2. The van der Waals surface area contributed by atoms with E-state index in [0.29, 0.717) is 11.9 Å². The van der Waals surface area contributed by atoms with Gasteiger partial charge in [0, 0.05) is 25.7 Å². The molecule has 3 nitrogen and oxygen atoms in total. The second-order valence-corrected chi connectivity index (χ2v) is 6.33. The Kier molecular flexibility index (Phi) is 4.59. The highest BCUT2D eigenvalue weighted by Gasteiger charge is 2.33. The molecule has 1 aromatic rings. The van der Waals surface area contributed by atoms with Crippen LogP contribution in [0.4, 0.5) is 0 Å². The summed E-state index contributed by atoms with van der Waals surface area (Å²) in [6.45, 7) is 4.82. The maximum Gasteiger partial charge on any atom is 0.231 e. The molecule has 0 spiro atoms. The van der Waals surface area contributed by atoms with Gasteiger partial charge in [-0.15, -0.1) is 0 Å². The van der Waals surface area contributed by atoms with Crippen LogP contribution in [0.3, 0.4) is 0 Å². The average Bonchev–Trinajstić information content (AvgIpc) is 2.79. The first-order valence-electron chi connectivity index (χ1n) is 8.40. The van der Waals surface area contributed by atoms with Crippen molar-refractivity contribution < 1.29 is 4.79 Å². The number of hydrogen-bond acceptors (Lipinski definition) is 2. The fourth-order valence-corrected chi connectivity index (χ4v) is 3.81. The third-order valence-electron chi connectivity index (χ3n) is 5.02. The van der Waals surface area contributed by atoms with E-state index in [0.717, 1.165) is 32.5 Å². The van der Waals surface area contributed by atoms with Crippen LogP contribution in [0.5, 0.6) is 0 Å². The van der Waals surface area contributed by atoms with Crippen molar-refractivity contribution in [3.8, 4) is 0 Å². The molecule has 0 radical (unpaired) electrons. The minimum absolute atomic E-state index is 0.00194. The molecule has 1 N–H and O–H groups in total. The SMILES string of the molecule is CCC1CCCCCN1C(=O)C1CNCc2ccccc21. The second kappa shape index (κ2) is 6.61. The predicted octanol–water partition coefficient (Wildman–Crippen LogP) is 3.05.